The van der Waals surface area contributed by atoms with Gasteiger partial charge in [-0.25, -0.2) is 0 Å². The van der Waals surface area contributed by atoms with Crippen LogP contribution in [0.15, 0.2) is 54.6 Å². The average molecular weight is 364 g/mol. The van der Waals surface area contributed by atoms with Crippen molar-refractivity contribution in [1.29, 1.82) is 0 Å². The first kappa shape index (κ1) is 16.6. The smallest absolute Gasteiger partial charge is 0.287 e. The molecule has 8 heteroatoms. The number of H-pyrrole nitrogens is 1. The molecule has 2 aromatic carbocycles. The van der Waals surface area contributed by atoms with Gasteiger partial charge in [0.1, 0.15) is 18.9 Å². The Morgan fingerprint density at radius 3 is 2.44 bits per heavy atom. The summed E-state index contributed by atoms with van der Waals surface area (Å²) in [6.07, 6.45) is 0. The number of rotatable bonds is 3. The quantitative estimate of drug-likeness (QED) is 0.616. The zero-order valence-corrected chi connectivity index (χ0v) is 14.2. The number of fused-ring (bicyclic) bond motifs is 1. The lowest BCUT2D eigenvalue weighted by Crippen LogP contribution is -2.41. The number of aromatic amines is 1. The lowest BCUT2D eigenvalue weighted by atomic mass is 10.1. The van der Waals surface area contributed by atoms with Crippen LogP contribution in [0, 0.1) is 0 Å². The molecule has 8 nitrogen and oxygen atoms in total. The van der Waals surface area contributed by atoms with E-state index in [1.54, 1.807) is 24.3 Å². The number of hydrogen-bond donors (Lipinski definition) is 3. The summed E-state index contributed by atoms with van der Waals surface area (Å²) in [5.74, 6) is 0.118. The lowest BCUT2D eigenvalue weighted by molar-refractivity contribution is 0.0843. The molecule has 0 saturated heterocycles. The van der Waals surface area contributed by atoms with E-state index in [9.17, 15) is 9.59 Å². The number of carbonyl (C=O) groups is 2. The molecule has 0 bridgehead atoms. The number of ether oxygens (including phenoxy) is 2. The van der Waals surface area contributed by atoms with Crippen LogP contribution < -0.4 is 20.3 Å². The maximum Gasteiger partial charge on any atom is 0.287 e. The molecule has 1 aromatic heterocycles. The maximum atomic E-state index is 12.2. The summed E-state index contributed by atoms with van der Waals surface area (Å²) in [5, 5.41) is 6.77. The SMILES string of the molecule is O=C(NNC(=O)c1cc(-c2ccccc2)n[nH]1)c1ccc2c(c1)OCCO2. The molecule has 2 amide bonds. The van der Waals surface area contributed by atoms with Gasteiger partial charge in [0.15, 0.2) is 11.5 Å². The Morgan fingerprint density at radius 1 is 0.889 bits per heavy atom. The lowest BCUT2D eigenvalue weighted by Gasteiger charge is -2.18. The van der Waals surface area contributed by atoms with E-state index in [0.29, 0.717) is 36.0 Å². The van der Waals surface area contributed by atoms with Crippen molar-refractivity contribution in [2.45, 2.75) is 0 Å². The molecule has 136 valence electrons. The first-order chi connectivity index (χ1) is 13.2. The second-order valence-electron chi connectivity index (χ2n) is 5.80. The van der Waals surface area contributed by atoms with Gasteiger partial charge in [0.2, 0.25) is 0 Å². The molecule has 0 atom stereocenters. The molecule has 0 saturated carbocycles. The summed E-state index contributed by atoms with van der Waals surface area (Å²) in [7, 11) is 0. The zero-order chi connectivity index (χ0) is 18.6. The third kappa shape index (κ3) is 3.59. The second kappa shape index (κ2) is 7.20. The normalized spacial score (nSPS) is 12.3. The van der Waals surface area contributed by atoms with Crippen molar-refractivity contribution < 1.29 is 19.1 Å². The van der Waals surface area contributed by atoms with Crippen LogP contribution in [0.2, 0.25) is 0 Å². The molecular weight excluding hydrogens is 348 g/mol. The Kier molecular flexibility index (Phi) is 4.44. The molecule has 0 spiro atoms. The van der Waals surface area contributed by atoms with E-state index in [1.807, 2.05) is 30.3 Å². The van der Waals surface area contributed by atoms with Crippen LogP contribution in [0.4, 0.5) is 0 Å². The zero-order valence-electron chi connectivity index (χ0n) is 14.2. The van der Waals surface area contributed by atoms with Crippen molar-refractivity contribution in [3.63, 3.8) is 0 Å². The monoisotopic (exact) mass is 364 g/mol. The summed E-state index contributed by atoms with van der Waals surface area (Å²) in [6, 6.07) is 15.9. The van der Waals surface area contributed by atoms with E-state index >= 15 is 0 Å². The van der Waals surface area contributed by atoms with Gasteiger partial charge in [0, 0.05) is 11.1 Å². The van der Waals surface area contributed by atoms with Crippen LogP contribution in [-0.4, -0.2) is 35.2 Å². The van der Waals surface area contributed by atoms with E-state index < -0.39 is 11.8 Å². The number of carbonyl (C=O) groups excluding carboxylic acids is 2. The first-order valence-electron chi connectivity index (χ1n) is 8.32. The van der Waals surface area contributed by atoms with Gasteiger partial charge < -0.3 is 9.47 Å². The molecule has 1 aliphatic rings. The molecule has 0 aliphatic carbocycles. The fourth-order valence-electron chi connectivity index (χ4n) is 2.63. The molecule has 0 radical (unpaired) electrons. The number of hydrogen-bond acceptors (Lipinski definition) is 5. The van der Waals surface area contributed by atoms with Gasteiger partial charge in [-0.1, -0.05) is 30.3 Å². The second-order valence-corrected chi connectivity index (χ2v) is 5.80. The van der Waals surface area contributed by atoms with Crippen molar-refractivity contribution in [2.75, 3.05) is 13.2 Å². The van der Waals surface area contributed by atoms with Crippen molar-refractivity contribution in [3.05, 3.63) is 65.9 Å². The third-order valence-corrected chi connectivity index (χ3v) is 3.99. The van der Waals surface area contributed by atoms with Gasteiger partial charge in [-0.05, 0) is 24.3 Å². The summed E-state index contributed by atoms with van der Waals surface area (Å²) in [5.41, 5.74) is 6.83. The molecular formula is C19H16N4O4. The van der Waals surface area contributed by atoms with Crippen molar-refractivity contribution in [1.82, 2.24) is 21.0 Å². The highest BCUT2D eigenvalue weighted by Gasteiger charge is 2.16. The van der Waals surface area contributed by atoms with Gasteiger partial charge in [0.05, 0.1) is 5.69 Å². The maximum absolute atomic E-state index is 12.2. The standard InChI is InChI=1S/C19H16N4O4/c24-18(13-6-7-16-17(10-13)27-9-8-26-16)22-23-19(25)15-11-14(20-21-15)12-4-2-1-3-5-12/h1-7,10-11H,8-9H2,(H,20,21)(H,22,24)(H,23,25). The summed E-state index contributed by atoms with van der Waals surface area (Å²) >= 11 is 0. The van der Waals surface area contributed by atoms with Crippen molar-refractivity contribution >= 4 is 11.8 Å². The van der Waals surface area contributed by atoms with Gasteiger partial charge in [0.25, 0.3) is 11.8 Å². The summed E-state index contributed by atoms with van der Waals surface area (Å²) < 4.78 is 10.9. The average Bonchev–Trinajstić information content (AvgIpc) is 3.22. The fourth-order valence-corrected chi connectivity index (χ4v) is 2.63. The third-order valence-electron chi connectivity index (χ3n) is 3.99. The minimum Gasteiger partial charge on any atom is -0.486 e. The minimum atomic E-state index is -0.504. The molecule has 1 aliphatic heterocycles. The summed E-state index contributed by atoms with van der Waals surface area (Å²) in [4.78, 5) is 24.5. The molecule has 2 heterocycles. The number of nitrogens with one attached hydrogen (secondary N) is 3. The Balaban J connectivity index is 1.39. The van der Waals surface area contributed by atoms with Crippen LogP contribution in [0.25, 0.3) is 11.3 Å². The van der Waals surface area contributed by atoms with E-state index in [0.717, 1.165) is 5.56 Å². The van der Waals surface area contributed by atoms with E-state index in [2.05, 4.69) is 21.0 Å². The molecule has 27 heavy (non-hydrogen) atoms. The Hall–Kier alpha value is -3.81. The summed E-state index contributed by atoms with van der Waals surface area (Å²) in [6.45, 7) is 0.905. The Morgan fingerprint density at radius 2 is 1.63 bits per heavy atom. The van der Waals surface area contributed by atoms with E-state index in [-0.39, 0.29) is 5.69 Å². The van der Waals surface area contributed by atoms with Crippen LogP contribution in [-0.2, 0) is 0 Å². The number of benzene rings is 2. The molecule has 3 aromatic rings. The molecule has 0 fully saturated rings. The van der Waals surface area contributed by atoms with Crippen LogP contribution in [0.5, 0.6) is 11.5 Å². The molecule has 3 N–H and O–H groups in total. The van der Waals surface area contributed by atoms with Gasteiger partial charge >= 0.3 is 0 Å². The number of aromatic nitrogens is 2. The van der Waals surface area contributed by atoms with Crippen molar-refractivity contribution in [2.24, 2.45) is 0 Å². The first-order valence-corrected chi connectivity index (χ1v) is 8.32. The van der Waals surface area contributed by atoms with Gasteiger partial charge in [-0.2, -0.15) is 5.10 Å². The number of hydrazine groups is 1. The Bertz CT molecular complexity index is 984. The number of nitrogens with zero attached hydrogens (tertiary/aromatic N) is 1. The highest BCUT2D eigenvalue weighted by atomic mass is 16.6. The molecule has 4 rings (SSSR count). The van der Waals surface area contributed by atoms with Crippen LogP contribution in [0.1, 0.15) is 20.8 Å². The van der Waals surface area contributed by atoms with Gasteiger partial charge in [-0.3, -0.25) is 25.5 Å². The minimum absolute atomic E-state index is 0.233. The van der Waals surface area contributed by atoms with Crippen molar-refractivity contribution in [3.8, 4) is 22.8 Å². The molecule has 0 unspecified atom stereocenters. The predicted molar refractivity (Wildman–Crippen MR) is 96.4 cm³/mol. The van der Waals surface area contributed by atoms with Crippen LogP contribution >= 0.6 is 0 Å². The largest absolute Gasteiger partial charge is 0.486 e. The van der Waals surface area contributed by atoms with Gasteiger partial charge in [-0.15, -0.1) is 0 Å². The number of amides is 2. The predicted octanol–water partition coefficient (Wildman–Crippen LogP) is 1.92. The Labute approximate surface area is 154 Å². The topological polar surface area (TPSA) is 105 Å². The van der Waals surface area contributed by atoms with Crippen LogP contribution in [0.3, 0.4) is 0 Å². The highest BCUT2D eigenvalue weighted by molar-refractivity contribution is 5.99. The fraction of sp³-hybridized carbons (Fsp3) is 0.105. The van der Waals surface area contributed by atoms with E-state index in [4.69, 9.17) is 9.47 Å². The highest BCUT2D eigenvalue weighted by Crippen LogP contribution is 2.30. The van der Waals surface area contributed by atoms with E-state index in [1.165, 1.54) is 0 Å².